The lowest BCUT2D eigenvalue weighted by Gasteiger charge is -2.21. The summed E-state index contributed by atoms with van der Waals surface area (Å²) in [5, 5.41) is 0. The lowest BCUT2D eigenvalue weighted by atomic mass is 10.0. The molecule has 1 rings (SSSR count). The molecule has 0 unspecified atom stereocenters. The summed E-state index contributed by atoms with van der Waals surface area (Å²) in [6.07, 6.45) is 1.64. The molecule has 0 amide bonds. The van der Waals surface area contributed by atoms with E-state index < -0.39 is 0 Å². The molecule has 0 radical (unpaired) electrons. The maximum Gasteiger partial charge on any atom is 0.126 e. The molecule has 0 atom stereocenters. The monoisotopic (exact) mass is 211 g/mol. The SMILES string of the molecule is CCc1nc(CC(C)(C)OC)c(N)n1C. The highest BCUT2D eigenvalue weighted by atomic mass is 16.5. The molecule has 4 heteroatoms. The van der Waals surface area contributed by atoms with E-state index >= 15 is 0 Å². The maximum absolute atomic E-state index is 5.99. The highest BCUT2D eigenvalue weighted by Crippen LogP contribution is 2.21. The van der Waals surface area contributed by atoms with Gasteiger partial charge < -0.3 is 15.0 Å². The summed E-state index contributed by atoms with van der Waals surface area (Å²) in [5.41, 5.74) is 6.70. The van der Waals surface area contributed by atoms with Crippen molar-refractivity contribution in [3.63, 3.8) is 0 Å². The predicted octanol–water partition coefficient (Wildman–Crippen LogP) is 1.53. The molecule has 0 aliphatic rings. The minimum atomic E-state index is -0.215. The second kappa shape index (κ2) is 4.23. The van der Waals surface area contributed by atoms with Crippen molar-refractivity contribution in [3.8, 4) is 0 Å². The number of anilines is 1. The number of hydrogen-bond acceptors (Lipinski definition) is 3. The van der Waals surface area contributed by atoms with Crippen LogP contribution in [0.25, 0.3) is 0 Å². The van der Waals surface area contributed by atoms with Crippen LogP contribution in [-0.4, -0.2) is 22.3 Å². The first kappa shape index (κ1) is 12.0. The molecule has 0 aliphatic heterocycles. The zero-order valence-corrected chi connectivity index (χ0v) is 10.3. The number of methoxy groups -OCH3 is 1. The highest BCUT2D eigenvalue weighted by molar-refractivity contribution is 5.38. The second-order valence-corrected chi connectivity index (χ2v) is 4.41. The summed E-state index contributed by atoms with van der Waals surface area (Å²) < 4.78 is 7.32. The zero-order valence-electron chi connectivity index (χ0n) is 10.3. The summed E-state index contributed by atoms with van der Waals surface area (Å²) in [6.45, 7) is 6.15. The van der Waals surface area contributed by atoms with Gasteiger partial charge in [0.2, 0.25) is 0 Å². The van der Waals surface area contributed by atoms with Gasteiger partial charge in [0.1, 0.15) is 11.6 Å². The first-order chi connectivity index (χ1) is 6.91. The Morgan fingerprint density at radius 1 is 1.47 bits per heavy atom. The third-order valence-electron chi connectivity index (χ3n) is 2.77. The third-order valence-corrected chi connectivity index (χ3v) is 2.77. The van der Waals surface area contributed by atoms with Crippen LogP contribution >= 0.6 is 0 Å². The van der Waals surface area contributed by atoms with Crippen molar-refractivity contribution < 1.29 is 4.74 Å². The number of aryl methyl sites for hydroxylation is 1. The zero-order chi connectivity index (χ0) is 11.6. The Bertz CT molecular complexity index is 342. The van der Waals surface area contributed by atoms with E-state index in [-0.39, 0.29) is 5.60 Å². The Kier molecular flexibility index (Phi) is 3.39. The van der Waals surface area contributed by atoms with Crippen molar-refractivity contribution >= 4 is 5.82 Å². The lowest BCUT2D eigenvalue weighted by Crippen LogP contribution is -2.26. The van der Waals surface area contributed by atoms with Crippen molar-refractivity contribution in [2.45, 2.75) is 39.2 Å². The topological polar surface area (TPSA) is 53.1 Å². The molecule has 0 spiro atoms. The number of nitrogens with two attached hydrogens (primary N) is 1. The molecule has 4 nitrogen and oxygen atoms in total. The number of aromatic nitrogens is 2. The second-order valence-electron chi connectivity index (χ2n) is 4.41. The molecule has 86 valence electrons. The quantitative estimate of drug-likeness (QED) is 0.821. The first-order valence-electron chi connectivity index (χ1n) is 5.26. The molecule has 0 saturated carbocycles. The molecule has 1 heterocycles. The van der Waals surface area contributed by atoms with Gasteiger partial charge in [0.25, 0.3) is 0 Å². The maximum atomic E-state index is 5.99. The van der Waals surface area contributed by atoms with Crippen molar-refractivity contribution in [1.82, 2.24) is 9.55 Å². The number of rotatable bonds is 4. The average Bonchev–Trinajstić information content (AvgIpc) is 2.45. The fourth-order valence-electron chi connectivity index (χ4n) is 1.54. The van der Waals surface area contributed by atoms with Crippen molar-refractivity contribution in [2.24, 2.45) is 7.05 Å². The summed E-state index contributed by atoms with van der Waals surface area (Å²) in [6, 6.07) is 0. The van der Waals surface area contributed by atoms with Gasteiger partial charge in [0.05, 0.1) is 11.3 Å². The minimum Gasteiger partial charge on any atom is -0.384 e. The fourth-order valence-corrected chi connectivity index (χ4v) is 1.54. The van der Waals surface area contributed by atoms with Gasteiger partial charge in [-0.1, -0.05) is 6.92 Å². The van der Waals surface area contributed by atoms with Crippen LogP contribution in [0, 0.1) is 0 Å². The largest absolute Gasteiger partial charge is 0.384 e. The Balaban J connectivity index is 2.96. The number of nitrogen functional groups attached to an aromatic ring is 1. The van der Waals surface area contributed by atoms with Crippen molar-refractivity contribution in [2.75, 3.05) is 12.8 Å². The molecule has 0 fully saturated rings. The van der Waals surface area contributed by atoms with Crippen LogP contribution in [0.1, 0.15) is 32.3 Å². The van der Waals surface area contributed by atoms with E-state index in [4.69, 9.17) is 10.5 Å². The normalized spacial score (nSPS) is 12.1. The van der Waals surface area contributed by atoms with Crippen LogP contribution in [-0.2, 0) is 24.6 Å². The molecule has 1 aromatic rings. The molecular formula is C11H21N3O. The number of nitrogens with zero attached hydrogens (tertiary/aromatic N) is 2. The fraction of sp³-hybridized carbons (Fsp3) is 0.727. The standard InChI is InChI=1S/C11H21N3O/c1-6-9-13-8(10(12)14(9)4)7-11(2,3)15-5/h6-7,12H2,1-5H3. The summed E-state index contributed by atoms with van der Waals surface area (Å²) in [5.74, 6) is 1.77. The van der Waals surface area contributed by atoms with Gasteiger partial charge in [-0.3, -0.25) is 0 Å². The smallest absolute Gasteiger partial charge is 0.126 e. The third kappa shape index (κ3) is 2.50. The van der Waals surface area contributed by atoms with E-state index in [9.17, 15) is 0 Å². The first-order valence-corrected chi connectivity index (χ1v) is 5.26. The molecule has 15 heavy (non-hydrogen) atoms. The predicted molar refractivity (Wildman–Crippen MR) is 61.8 cm³/mol. The van der Waals surface area contributed by atoms with Crippen LogP contribution < -0.4 is 5.73 Å². The number of imidazole rings is 1. The number of ether oxygens (including phenoxy) is 1. The van der Waals surface area contributed by atoms with E-state index in [1.807, 2.05) is 25.5 Å². The van der Waals surface area contributed by atoms with Crippen LogP contribution in [0.2, 0.25) is 0 Å². The van der Waals surface area contributed by atoms with Crippen molar-refractivity contribution in [1.29, 1.82) is 0 Å². The van der Waals surface area contributed by atoms with Gasteiger partial charge in [-0.05, 0) is 13.8 Å². The Labute approximate surface area is 91.4 Å². The van der Waals surface area contributed by atoms with Crippen molar-refractivity contribution in [3.05, 3.63) is 11.5 Å². The summed E-state index contributed by atoms with van der Waals surface area (Å²) >= 11 is 0. The van der Waals surface area contributed by atoms with E-state index in [2.05, 4.69) is 11.9 Å². The van der Waals surface area contributed by atoms with Gasteiger partial charge >= 0.3 is 0 Å². The molecule has 0 aromatic carbocycles. The minimum absolute atomic E-state index is 0.215. The van der Waals surface area contributed by atoms with Gasteiger partial charge in [-0.25, -0.2) is 4.98 Å². The Morgan fingerprint density at radius 2 is 2.07 bits per heavy atom. The van der Waals surface area contributed by atoms with Crippen LogP contribution in [0.15, 0.2) is 0 Å². The average molecular weight is 211 g/mol. The number of hydrogen-bond donors (Lipinski definition) is 1. The molecule has 0 bridgehead atoms. The summed E-state index contributed by atoms with van der Waals surface area (Å²) in [4.78, 5) is 4.52. The van der Waals surface area contributed by atoms with Gasteiger partial charge in [0.15, 0.2) is 0 Å². The van der Waals surface area contributed by atoms with Gasteiger partial charge in [-0.15, -0.1) is 0 Å². The Morgan fingerprint density at radius 3 is 2.47 bits per heavy atom. The Hall–Kier alpha value is -1.03. The van der Waals surface area contributed by atoms with E-state index in [1.54, 1.807) is 7.11 Å². The molecule has 2 N–H and O–H groups in total. The molecular weight excluding hydrogens is 190 g/mol. The molecule has 0 aliphatic carbocycles. The molecule has 1 aromatic heterocycles. The van der Waals surface area contributed by atoms with Gasteiger partial charge in [-0.2, -0.15) is 0 Å². The van der Waals surface area contributed by atoms with E-state index in [0.717, 1.165) is 30.2 Å². The van der Waals surface area contributed by atoms with Crippen LogP contribution in [0.5, 0.6) is 0 Å². The van der Waals surface area contributed by atoms with Crippen LogP contribution in [0.3, 0.4) is 0 Å². The van der Waals surface area contributed by atoms with E-state index in [1.165, 1.54) is 0 Å². The lowest BCUT2D eigenvalue weighted by molar-refractivity contribution is 0.0226. The highest BCUT2D eigenvalue weighted by Gasteiger charge is 2.22. The molecule has 0 saturated heterocycles. The van der Waals surface area contributed by atoms with E-state index in [0.29, 0.717) is 0 Å². The summed E-state index contributed by atoms with van der Waals surface area (Å²) in [7, 11) is 3.66. The van der Waals surface area contributed by atoms with Crippen LogP contribution in [0.4, 0.5) is 5.82 Å². The van der Waals surface area contributed by atoms with Gasteiger partial charge in [0, 0.05) is 27.0 Å².